The predicted molar refractivity (Wildman–Crippen MR) is 58.0 cm³/mol. The Morgan fingerprint density at radius 1 is 1.31 bits per heavy atom. The average Bonchev–Trinajstić information content (AvgIpc) is 1.96. The minimum atomic E-state index is 0.609. The van der Waals surface area contributed by atoms with Crippen LogP contribution in [0, 0.1) is 0 Å². The number of nitrogens with one attached hydrogen (secondary N) is 1. The first-order chi connectivity index (χ1) is 6.11. The van der Waals surface area contributed by atoms with Gasteiger partial charge in [0.05, 0.1) is 0 Å². The molecule has 0 aromatic rings. The quantitative estimate of drug-likeness (QED) is 0.701. The van der Waals surface area contributed by atoms with Gasteiger partial charge in [-0.05, 0) is 26.8 Å². The Hall–Kier alpha value is -0.0800. The van der Waals surface area contributed by atoms with Crippen molar-refractivity contribution in [3.05, 3.63) is 0 Å². The van der Waals surface area contributed by atoms with Gasteiger partial charge in [-0.3, -0.25) is 4.90 Å². The zero-order chi connectivity index (χ0) is 9.84. The van der Waals surface area contributed by atoms with Gasteiger partial charge in [-0.2, -0.15) is 0 Å². The van der Waals surface area contributed by atoms with E-state index >= 15 is 0 Å². The summed E-state index contributed by atoms with van der Waals surface area (Å²) in [6, 6.07) is 2.15. The van der Waals surface area contributed by atoms with E-state index < -0.39 is 0 Å². The van der Waals surface area contributed by atoms with Crippen molar-refractivity contribution in [1.82, 2.24) is 10.2 Å². The predicted octanol–water partition coefficient (Wildman–Crippen LogP) is 1.86. The van der Waals surface area contributed by atoms with Gasteiger partial charge in [0.15, 0.2) is 0 Å². The second kappa shape index (κ2) is 4.97. The van der Waals surface area contributed by atoms with Crippen LogP contribution in [0.5, 0.6) is 0 Å². The van der Waals surface area contributed by atoms with E-state index in [0.29, 0.717) is 12.1 Å². The third-order valence-electron chi connectivity index (χ3n) is 3.17. The molecule has 0 radical (unpaired) electrons. The SMILES string of the molecule is CC(C)NCC(C)N(C)C1CCC1. The van der Waals surface area contributed by atoms with Crippen LogP contribution in [0.25, 0.3) is 0 Å². The van der Waals surface area contributed by atoms with Crippen LogP contribution in [0.2, 0.25) is 0 Å². The molecule has 1 atom stereocenters. The minimum absolute atomic E-state index is 0.609. The third kappa shape index (κ3) is 3.28. The Balaban J connectivity index is 2.17. The van der Waals surface area contributed by atoms with Gasteiger partial charge in [0.2, 0.25) is 0 Å². The van der Waals surface area contributed by atoms with Gasteiger partial charge in [0, 0.05) is 24.7 Å². The van der Waals surface area contributed by atoms with Crippen molar-refractivity contribution in [2.24, 2.45) is 0 Å². The molecule has 1 aliphatic rings. The van der Waals surface area contributed by atoms with Gasteiger partial charge in [0.25, 0.3) is 0 Å². The minimum Gasteiger partial charge on any atom is -0.313 e. The lowest BCUT2D eigenvalue weighted by molar-refractivity contribution is 0.116. The number of rotatable bonds is 5. The highest BCUT2D eigenvalue weighted by atomic mass is 15.2. The molecule has 0 spiro atoms. The number of hydrogen-bond donors (Lipinski definition) is 1. The van der Waals surface area contributed by atoms with Crippen molar-refractivity contribution in [3.8, 4) is 0 Å². The summed E-state index contributed by atoms with van der Waals surface area (Å²) < 4.78 is 0. The zero-order valence-electron chi connectivity index (χ0n) is 9.51. The first kappa shape index (κ1) is 11.0. The second-order valence-electron chi connectivity index (χ2n) is 4.66. The maximum atomic E-state index is 3.49. The molecule has 0 bridgehead atoms. The molecule has 1 unspecified atom stereocenters. The van der Waals surface area contributed by atoms with Crippen LogP contribution < -0.4 is 5.32 Å². The number of likely N-dealkylation sites (N-methyl/N-ethyl adjacent to an activating group) is 1. The van der Waals surface area contributed by atoms with Crippen LogP contribution in [-0.4, -0.2) is 36.6 Å². The summed E-state index contributed by atoms with van der Waals surface area (Å²) in [5.41, 5.74) is 0. The highest BCUT2D eigenvalue weighted by molar-refractivity contribution is 4.81. The molecule has 1 aliphatic carbocycles. The lowest BCUT2D eigenvalue weighted by Gasteiger charge is -2.39. The van der Waals surface area contributed by atoms with Gasteiger partial charge in [0.1, 0.15) is 0 Å². The molecule has 0 amide bonds. The van der Waals surface area contributed by atoms with E-state index in [1.165, 1.54) is 19.3 Å². The molecule has 13 heavy (non-hydrogen) atoms. The third-order valence-corrected chi connectivity index (χ3v) is 3.17. The van der Waals surface area contributed by atoms with Crippen LogP contribution in [0.3, 0.4) is 0 Å². The van der Waals surface area contributed by atoms with Crippen molar-refractivity contribution in [1.29, 1.82) is 0 Å². The topological polar surface area (TPSA) is 15.3 Å². The molecular weight excluding hydrogens is 160 g/mol. The first-order valence-electron chi connectivity index (χ1n) is 5.56. The summed E-state index contributed by atoms with van der Waals surface area (Å²) >= 11 is 0. The van der Waals surface area contributed by atoms with Crippen molar-refractivity contribution in [2.75, 3.05) is 13.6 Å². The summed E-state index contributed by atoms with van der Waals surface area (Å²) in [5.74, 6) is 0. The molecule has 0 aliphatic heterocycles. The van der Waals surface area contributed by atoms with Crippen LogP contribution in [0.15, 0.2) is 0 Å². The molecule has 0 heterocycles. The lowest BCUT2D eigenvalue weighted by Crippen LogP contribution is -2.47. The normalized spacial score (nSPS) is 20.8. The molecule has 78 valence electrons. The monoisotopic (exact) mass is 184 g/mol. The molecule has 1 N–H and O–H groups in total. The summed E-state index contributed by atoms with van der Waals surface area (Å²) in [6.07, 6.45) is 4.24. The van der Waals surface area contributed by atoms with Crippen molar-refractivity contribution < 1.29 is 0 Å². The largest absolute Gasteiger partial charge is 0.313 e. The van der Waals surface area contributed by atoms with Crippen LogP contribution in [-0.2, 0) is 0 Å². The van der Waals surface area contributed by atoms with Crippen LogP contribution in [0.1, 0.15) is 40.0 Å². The Kier molecular flexibility index (Phi) is 4.20. The van der Waals surface area contributed by atoms with Crippen LogP contribution in [0.4, 0.5) is 0 Å². The fourth-order valence-corrected chi connectivity index (χ4v) is 1.70. The summed E-state index contributed by atoms with van der Waals surface area (Å²) in [4.78, 5) is 2.53. The molecule has 2 nitrogen and oxygen atoms in total. The summed E-state index contributed by atoms with van der Waals surface area (Å²) in [6.45, 7) is 7.84. The number of hydrogen-bond acceptors (Lipinski definition) is 2. The summed E-state index contributed by atoms with van der Waals surface area (Å²) in [5, 5.41) is 3.49. The Labute approximate surface area is 82.7 Å². The van der Waals surface area contributed by atoms with Crippen molar-refractivity contribution in [2.45, 2.75) is 58.2 Å². The molecule has 1 saturated carbocycles. The Morgan fingerprint density at radius 3 is 2.31 bits per heavy atom. The Morgan fingerprint density at radius 2 is 1.92 bits per heavy atom. The van der Waals surface area contributed by atoms with E-state index in [-0.39, 0.29) is 0 Å². The van der Waals surface area contributed by atoms with Crippen molar-refractivity contribution >= 4 is 0 Å². The van der Waals surface area contributed by atoms with Gasteiger partial charge in [-0.1, -0.05) is 20.3 Å². The highest BCUT2D eigenvalue weighted by Crippen LogP contribution is 2.24. The Bertz CT molecular complexity index is 141. The lowest BCUT2D eigenvalue weighted by atomic mass is 9.91. The maximum Gasteiger partial charge on any atom is 0.0192 e. The van der Waals surface area contributed by atoms with Gasteiger partial charge in [-0.25, -0.2) is 0 Å². The fraction of sp³-hybridized carbons (Fsp3) is 1.00. The molecule has 2 heteroatoms. The first-order valence-corrected chi connectivity index (χ1v) is 5.56. The van der Waals surface area contributed by atoms with Gasteiger partial charge < -0.3 is 5.32 Å². The van der Waals surface area contributed by atoms with E-state index in [2.05, 4.69) is 38.0 Å². The fourth-order valence-electron chi connectivity index (χ4n) is 1.70. The van der Waals surface area contributed by atoms with E-state index in [4.69, 9.17) is 0 Å². The number of nitrogens with zero attached hydrogens (tertiary/aromatic N) is 1. The molecule has 1 fully saturated rings. The van der Waals surface area contributed by atoms with Gasteiger partial charge >= 0.3 is 0 Å². The molecule has 0 saturated heterocycles. The molecule has 1 rings (SSSR count). The maximum absolute atomic E-state index is 3.49. The molecule has 0 aromatic carbocycles. The second-order valence-corrected chi connectivity index (χ2v) is 4.66. The average molecular weight is 184 g/mol. The van der Waals surface area contributed by atoms with Crippen molar-refractivity contribution in [3.63, 3.8) is 0 Å². The molecule has 0 aromatic heterocycles. The van der Waals surface area contributed by atoms with Gasteiger partial charge in [-0.15, -0.1) is 0 Å². The van der Waals surface area contributed by atoms with E-state index in [1.54, 1.807) is 0 Å². The molecular formula is C11H24N2. The standard InChI is InChI=1S/C11H24N2/c1-9(2)12-8-10(3)13(4)11-6-5-7-11/h9-12H,5-8H2,1-4H3. The van der Waals surface area contributed by atoms with E-state index in [0.717, 1.165) is 12.6 Å². The highest BCUT2D eigenvalue weighted by Gasteiger charge is 2.24. The van der Waals surface area contributed by atoms with E-state index in [1.807, 2.05) is 0 Å². The smallest absolute Gasteiger partial charge is 0.0192 e. The zero-order valence-corrected chi connectivity index (χ0v) is 9.51. The van der Waals surface area contributed by atoms with Crippen LogP contribution >= 0.6 is 0 Å². The summed E-state index contributed by atoms with van der Waals surface area (Å²) in [7, 11) is 2.26. The van der Waals surface area contributed by atoms with E-state index in [9.17, 15) is 0 Å².